The van der Waals surface area contributed by atoms with Crippen LogP contribution < -0.4 is 5.32 Å². The summed E-state index contributed by atoms with van der Waals surface area (Å²) in [5.41, 5.74) is 1.40. The third-order valence-electron chi connectivity index (χ3n) is 5.72. The van der Waals surface area contributed by atoms with E-state index in [1.165, 1.54) is 18.3 Å². The second-order valence-corrected chi connectivity index (χ2v) is 10.6. The number of carbonyl (C=O) groups is 1. The molecule has 1 N–H and O–H groups in total. The summed E-state index contributed by atoms with van der Waals surface area (Å²) < 4.78 is 30.2. The van der Waals surface area contributed by atoms with Gasteiger partial charge < -0.3 is 14.9 Å². The van der Waals surface area contributed by atoms with E-state index in [1.54, 1.807) is 18.3 Å². The molecule has 1 aliphatic heterocycles. The molecule has 5 rings (SSSR count). The van der Waals surface area contributed by atoms with Crippen LogP contribution in [-0.2, 0) is 24.2 Å². The number of hydrogen-bond donors (Lipinski definition) is 1. The molecule has 0 spiro atoms. The first-order valence-electron chi connectivity index (χ1n) is 10.8. The van der Waals surface area contributed by atoms with Gasteiger partial charge in [0.25, 0.3) is 5.91 Å². The van der Waals surface area contributed by atoms with E-state index >= 15 is 0 Å². The highest BCUT2D eigenvalue weighted by molar-refractivity contribution is 7.92. The lowest BCUT2D eigenvalue weighted by atomic mass is 10.1. The van der Waals surface area contributed by atoms with E-state index in [4.69, 9.17) is 9.57 Å². The summed E-state index contributed by atoms with van der Waals surface area (Å²) in [6, 6.07) is 6.16. The molecule has 1 amide bonds. The smallest absolute Gasteiger partial charge is 0.279 e. The van der Waals surface area contributed by atoms with Crippen LogP contribution in [0.2, 0.25) is 0 Å². The standard InChI is InChI=1S/C22H24N4O5S/c27-22(25-20-12-23-19(11-24-20)14-1-2-14)21(26-31-16-9-10-30-13-16)15-3-5-17(6-4-15)32(28,29)18-7-8-18/h3-6,11-12,14,16,18H,1-2,7-10,13H2,(H,24,25,27)/t16-/m1/s1. The summed E-state index contributed by atoms with van der Waals surface area (Å²) in [7, 11) is -3.31. The molecular weight excluding hydrogens is 432 g/mol. The van der Waals surface area contributed by atoms with Crippen molar-refractivity contribution in [2.45, 2.75) is 54.3 Å². The number of carbonyl (C=O) groups excluding carboxylic acids is 1. The van der Waals surface area contributed by atoms with E-state index in [-0.39, 0.29) is 22.0 Å². The van der Waals surface area contributed by atoms with Gasteiger partial charge in [0.05, 0.1) is 41.4 Å². The Labute approximate surface area is 186 Å². The molecule has 2 saturated carbocycles. The van der Waals surface area contributed by atoms with Crippen molar-refractivity contribution < 1.29 is 22.8 Å². The van der Waals surface area contributed by atoms with Crippen LogP contribution in [-0.4, -0.2) is 54.6 Å². The average Bonchev–Trinajstić information content (AvgIpc) is 3.73. The lowest BCUT2D eigenvalue weighted by Gasteiger charge is -2.11. The number of ether oxygens (including phenoxy) is 1. The van der Waals surface area contributed by atoms with Gasteiger partial charge in [0.2, 0.25) is 0 Å². The van der Waals surface area contributed by atoms with Crippen LogP contribution in [0.5, 0.6) is 0 Å². The van der Waals surface area contributed by atoms with Crippen molar-refractivity contribution in [3.8, 4) is 0 Å². The van der Waals surface area contributed by atoms with Crippen molar-refractivity contribution >= 4 is 27.3 Å². The minimum absolute atomic E-state index is 0.0281. The number of nitrogens with zero attached hydrogens (tertiary/aromatic N) is 3. The van der Waals surface area contributed by atoms with Crippen LogP contribution in [0.4, 0.5) is 5.82 Å². The Kier molecular flexibility index (Phi) is 5.64. The molecule has 1 saturated heterocycles. The number of nitrogens with one attached hydrogen (secondary N) is 1. The third kappa shape index (κ3) is 4.66. The van der Waals surface area contributed by atoms with Crippen molar-refractivity contribution in [2.75, 3.05) is 18.5 Å². The normalized spacial score (nSPS) is 21.4. The SMILES string of the molecule is O=C(Nc1cnc(C2CC2)cn1)C(=NO[C@@H]1CCOC1)c1ccc(S(=O)(=O)C2CC2)cc1. The summed E-state index contributed by atoms with van der Waals surface area (Å²) >= 11 is 0. The van der Waals surface area contributed by atoms with E-state index < -0.39 is 15.7 Å². The number of amides is 1. The molecule has 2 aliphatic carbocycles. The summed E-state index contributed by atoms with van der Waals surface area (Å²) in [5.74, 6) is 0.260. The van der Waals surface area contributed by atoms with E-state index in [0.717, 1.165) is 18.5 Å². The molecule has 0 radical (unpaired) electrons. The van der Waals surface area contributed by atoms with Crippen molar-refractivity contribution in [3.63, 3.8) is 0 Å². The zero-order chi connectivity index (χ0) is 22.1. The van der Waals surface area contributed by atoms with Gasteiger partial charge in [-0.1, -0.05) is 17.3 Å². The van der Waals surface area contributed by atoms with Gasteiger partial charge in [0, 0.05) is 17.9 Å². The first-order chi connectivity index (χ1) is 15.5. The number of benzene rings is 1. The topological polar surface area (TPSA) is 120 Å². The van der Waals surface area contributed by atoms with Crippen molar-refractivity contribution in [1.82, 2.24) is 9.97 Å². The minimum atomic E-state index is -3.31. The highest BCUT2D eigenvalue weighted by Gasteiger charge is 2.36. The number of aromatic nitrogens is 2. The minimum Gasteiger partial charge on any atom is -0.389 e. The molecule has 2 aromatic rings. The average molecular weight is 457 g/mol. The van der Waals surface area contributed by atoms with Crippen molar-refractivity contribution in [1.29, 1.82) is 0 Å². The molecule has 3 fully saturated rings. The molecule has 1 aromatic carbocycles. The third-order valence-corrected chi connectivity index (χ3v) is 8.00. The van der Waals surface area contributed by atoms with Crippen molar-refractivity contribution in [2.24, 2.45) is 5.16 Å². The highest BCUT2D eigenvalue weighted by atomic mass is 32.2. The summed E-state index contributed by atoms with van der Waals surface area (Å²) in [6.07, 6.45) is 7.27. The predicted octanol–water partition coefficient (Wildman–Crippen LogP) is 2.44. The van der Waals surface area contributed by atoms with Gasteiger partial charge in [0.15, 0.2) is 27.5 Å². The largest absolute Gasteiger partial charge is 0.389 e. The molecule has 3 aliphatic rings. The van der Waals surface area contributed by atoms with Gasteiger partial charge in [-0.25, -0.2) is 13.4 Å². The Morgan fingerprint density at radius 3 is 2.44 bits per heavy atom. The van der Waals surface area contributed by atoms with Gasteiger partial charge in [-0.15, -0.1) is 0 Å². The molecule has 10 heteroatoms. The Balaban J connectivity index is 1.36. The van der Waals surface area contributed by atoms with Crippen molar-refractivity contribution in [3.05, 3.63) is 47.9 Å². The fourth-order valence-electron chi connectivity index (χ4n) is 3.49. The maximum Gasteiger partial charge on any atom is 0.279 e. The van der Waals surface area contributed by atoms with Gasteiger partial charge in [-0.3, -0.25) is 9.78 Å². The summed E-state index contributed by atoms with van der Waals surface area (Å²) in [4.78, 5) is 27.4. The van der Waals surface area contributed by atoms with E-state index in [0.29, 0.717) is 49.8 Å². The molecule has 2 heterocycles. The van der Waals surface area contributed by atoms with Gasteiger partial charge in [0.1, 0.15) is 0 Å². The fourth-order valence-corrected chi connectivity index (χ4v) is 5.15. The lowest BCUT2D eigenvalue weighted by molar-refractivity contribution is -0.110. The summed E-state index contributed by atoms with van der Waals surface area (Å²) in [6.45, 7) is 0.990. The van der Waals surface area contributed by atoms with E-state index in [9.17, 15) is 13.2 Å². The first kappa shape index (κ1) is 21.0. The van der Waals surface area contributed by atoms with Crippen LogP contribution in [0, 0.1) is 0 Å². The second-order valence-electron chi connectivity index (χ2n) is 8.35. The number of hydrogen-bond acceptors (Lipinski definition) is 8. The molecule has 1 aromatic heterocycles. The number of anilines is 1. The maximum atomic E-state index is 13.0. The van der Waals surface area contributed by atoms with Crippen LogP contribution in [0.1, 0.15) is 49.3 Å². The molecular formula is C22H24N4O5S. The van der Waals surface area contributed by atoms with Crippen LogP contribution in [0.15, 0.2) is 46.7 Å². The molecule has 9 nitrogen and oxygen atoms in total. The predicted molar refractivity (Wildman–Crippen MR) is 116 cm³/mol. The van der Waals surface area contributed by atoms with Crippen LogP contribution in [0.3, 0.4) is 0 Å². The zero-order valence-electron chi connectivity index (χ0n) is 17.4. The Bertz CT molecular complexity index is 1120. The lowest BCUT2D eigenvalue weighted by Crippen LogP contribution is -2.26. The number of rotatable bonds is 8. The Morgan fingerprint density at radius 1 is 1.06 bits per heavy atom. The fraction of sp³-hybridized carbons (Fsp3) is 0.455. The molecule has 0 bridgehead atoms. The van der Waals surface area contributed by atoms with Gasteiger partial charge in [-0.05, 0) is 37.8 Å². The number of oxime groups is 1. The second kappa shape index (κ2) is 8.59. The Hall–Kier alpha value is -2.85. The number of sulfone groups is 1. The highest BCUT2D eigenvalue weighted by Crippen LogP contribution is 2.38. The zero-order valence-corrected chi connectivity index (χ0v) is 18.3. The first-order valence-corrected chi connectivity index (χ1v) is 12.3. The molecule has 168 valence electrons. The monoisotopic (exact) mass is 456 g/mol. The quantitative estimate of drug-likeness (QED) is 0.478. The van der Waals surface area contributed by atoms with Crippen LogP contribution >= 0.6 is 0 Å². The Morgan fingerprint density at radius 2 is 1.84 bits per heavy atom. The molecule has 1 atom stereocenters. The summed E-state index contributed by atoms with van der Waals surface area (Å²) in [5, 5.41) is 6.50. The van der Waals surface area contributed by atoms with Gasteiger partial charge in [-0.2, -0.15) is 0 Å². The molecule has 0 unspecified atom stereocenters. The van der Waals surface area contributed by atoms with E-state index in [1.807, 2.05) is 0 Å². The molecule has 32 heavy (non-hydrogen) atoms. The van der Waals surface area contributed by atoms with E-state index in [2.05, 4.69) is 20.4 Å². The maximum absolute atomic E-state index is 13.0. The van der Waals surface area contributed by atoms with Crippen LogP contribution in [0.25, 0.3) is 0 Å². The van der Waals surface area contributed by atoms with Gasteiger partial charge >= 0.3 is 0 Å².